The van der Waals surface area contributed by atoms with Crippen LogP contribution in [0, 0.1) is 5.92 Å². The molecule has 1 fully saturated rings. The molecule has 0 spiro atoms. The molecule has 5 heteroatoms. The zero-order chi connectivity index (χ0) is 16.2. The third-order valence-electron chi connectivity index (χ3n) is 4.41. The van der Waals surface area contributed by atoms with E-state index in [-0.39, 0.29) is 18.6 Å². The van der Waals surface area contributed by atoms with Crippen LogP contribution >= 0.6 is 11.6 Å². The standard InChI is InChI=1S/C18H20ClNO3/c19-15-4-2-1-3-14(15)16-9-10-17(23-16)18(22)20-13-7-5-12(11-21)6-8-13/h1-4,9-10,12-13,21H,5-8,11H2,(H,20,22). The second-order valence-electron chi connectivity index (χ2n) is 6.02. The molecule has 0 unspecified atom stereocenters. The summed E-state index contributed by atoms with van der Waals surface area (Å²) in [6, 6.07) is 11.0. The molecular weight excluding hydrogens is 314 g/mol. The minimum Gasteiger partial charge on any atom is -0.451 e. The van der Waals surface area contributed by atoms with Crippen molar-refractivity contribution in [1.82, 2.24) is 5.32 Å². The molecule has 1 aliphatic rings. The monoisotopic (exact) mass is 333 g/mol. The zero-order valence-corrected chi connectivity index (χ0v) is 13.6. The summed E-state index contributed by atoms with van der Waals surface area (Å²) in [7, 11) is 0. The number of nitrogens with one attached hydrogen (secondary N) is 1. The van der Waals surface area contributed by atoms with Gasteiger partial charge >= 0.3 is 0 Å². The van der Waals surface area contributed by atoms with Gasteiger partial charge < -0.3 is 14.8 Å². The van der Waals surface area contributed by atoms with E-state index in [9.17, 15) is 4.79 Å². The molecule has 0 radical (unpaired) electrons. The molecule has 0 atom stereocenters. The van der Waals surface area contributed by atoms with Crippen LogP contribution in [0.5, 0.6) is 0 Å². The van der Waals surface area contributed by atoms with Gasteiger partial charge in [-0.15, -0.1) is 0 Å². The third-order valence-corrected chi connectivity index (χ3v) is 4.74. The minimum atomic E-state index is -0.198. The van der Waals surface area contributed by atoms with Crippen molar-refractivity contribution in [3.05, 3.63) is 47.2 Å². The Morgan fingerprint density at radius 1 is 1.17 bits per heavy atom. The van der Waals surface area contributed by atoms with Gasteiger partial charge in [-0.3, -0.25) is 4.79 Å². The summed E-state index contributed by atoms with van der Waals surface area (Å²) in [4.78, 5) is 12.3. The van der Waals surface area contributed by atoms with E-state index in [0.717, 1.165) is 31.2 Å². The number of hydrogen-bond acceptors (Lipinski definition) is 3. The molecule has 2 N–H and O–H groups in total. The van der Waals surface area contributed by atoms with E-state index in [0.29, 0.717) is 22.5 Å². The fourth-order valence-corrected chi connectivity index (χ4v) is 3.24. The van der Waals surface area contributed by atoms with E-state index in [1.54, 1.807) is 18.2 Å². The van der Waals surface area contributed by atoms with Crippen molar-refractivity contribution in [2.24, 2.45) is 5.92 Å². The molecule has 2 aromatic rings. The Bertz CT molecular complexity index is 674. The van der Waals surface area contributed by atoms with Gasteiger partial charge in [-0.05, 0) is 55.9 Å². The first-order valence-electron chi connectivity index (χ1n) is 7.94. The van der Waals surface area contributed by atoms with Crippen LogP contribution in [0.4, 0.5) is 0 Å². The van der Waals surface area contributed by atoms with Gasteiger partial charge in [0.2, 0.25) is 0 Å². The zero-order valence-electron chi connectivity index (χ0n) is 12.8. The number of aliphatic hydroxyl groups is 1. The van der Waals surface area contributed by atoms with E-state index >= 15 is 0 Å². The molecular formula is C18H20ClNO3. The van der Waals surface area contributed by atoms with Crippen LogP contribution in [0.25, 0.3) is 11.3 Å². The summed E-state index contributed by atoms with van der Waals surface area (Å²) in [5, 5.41) is 12.8. The lowest BCUT2D eigenvalue weighted by molar-refractivity contribution is 0.0887. The number of benzene rings is 1. The molecule has 0 saturated heterocycles. The number of aliphatic hydroxyl groups excluding tert-OH is 1. The maximum Gasteiger partial charge on any atom is 0.287 e. The molecule has 1 amide bonds. The van der Waals surface area contributed by atoms with E-state index in [1.807, 2.05) is 18.2 Å². The summed E-state index contributed by atoms with van der Waals surface area (Å²) in [6.07, 6.45) is 3.69. The lowest BCUT2D eigenvalue weighted by Gasteiger charge is -2.27. The number of carbonyl (C=O) groups is 1. The summed E-state index contributed by atoms with van der Waals surface area (Å²) < 4.78 is 5.66. The fourth-order valence-electron chi connectivity index (χ4n) is 3.01. The van der Waals surface area contributed by atoms with Crippen molar-refractivity contribution in [2.75, 3.05) is 6.61 Å². The third kappa shape index (κ3) is 3.77. The lowest BCUT2D eigenvalue weighted by Crippen LogP contribution is -2.37. The molecule has 4 nitrogen and oxygen atoms in total. The Morgan fingerprint density at radius 3 is 2.61 bits per heavy atom. The maximum absolute atomic E-state index is 12.3. The number of carbonyl (C=O) groups excluding carboxylic acids is 1. The number of amides is 1. The van der Waals surface area contributed by atoms with Crippen LogP contribution in [0.15, 0.2) is 40.8 Å². The lowest BCUT2D eigenvalue weighted by atomic mass is 9.86. The van der Waals surface area contributed by atoms with Gasteiger partial charge in [0.15, 0.2) is 5.76 Å². The molecule has 1 aliphatic carbocycles. The van der Waals surface area contributed by atoms with Crippen LogP contribution in [0.1, 0.15) is 36.2 Å². The summed E-state index contributed by atoms with van der Waals surface area (Å²) in [5.41, 5.74) is 0.775. The van der Waals surface area contributed by atoms with Gasteiger partial charge in [0.05, 0.1) is 5.02 Å². The predicted octanol–water partition coefficient (Wildman–Crippen LogP) is 3.88. The first-order chi connectivity index (χ1) is 11.2. The summed E-state index contributed by atoms with van der Waals surface area (Å²) >= 11 is 6.15. The molecule has 0 aliphatic heterocycles. The predicted molar refractivity (Wildman–Crippen MR) is 89.5 cm³/mol. The van der Waals surface area contributed by atoms with Gasteiger partial charge in [-0.2, -0.15) is 0 Å². The highest BCUT2D eigenvalue weighted by Gasteiger charge is 2.23. The van der Waals surface area contributed by atoms with E-state index < -0.39 is 0 Å². The highest BCUT2D eigenvalue weighted by molar-refractivity contribution is 6.33. The van der Waals surface area contributed by atoms with Crippen molar-refractivity contribution in [2.45, 2.75) is 31.7 Å². The number of halogens is 1. The normalized spacial score (nSPS) is 21.1. The Hall–Kier alpha value is -1.78. The van der Waals surface area contributed by atoms with Crippen molar-refractivity contribution in [3.8, 4) is 11.3 Å². The maximum atomic E-state index is 12.3. The van der Waals surface area contributed by atoms with Crippen molar-refractivity contribution < 1.29 is 14.3 Å². The van der Waals surface area contributed by atoms with Crippen molar-refractivity contribution in [1.29, 1.82) is 0 Å². The van der Waals surface area contributed by atoms with Crippen LogP contribution in [-0.4, -0.2) is 23.7 Å². The van der Waals surface area contributed by atoms with Crippen LogP contribution in [0.3, 0.4) is 0 Å². The first kappa shape index (κ1) is 16.1. The second kappa shape index (κ2) is 7.20. The highest BCUT2D eigenvalue weighted by atomic mass is 35.5. The Morgan fingerprint density at radius 2 is 1.91 bits per heavy atom. The molecule has 122 valence electrons. The summed E-state index contributed by atoms with van der Waals surface area (Å²) in [6.45, 7) is 0.236. The van der Waals surface area contributed by atoms with E-state index in [4.69, 9.17) is 21.1 Å². The van der Waals surface area contributed by atoms with E-state index in [1.165, 1.54) is 0 Å². The van der Waals surface area contributed by atoms with Gasteiger partial charge in [0.25, 0.3) is 5.91 Å². The Balaban J connectivity index is 1.64. The molecule has 3 rings (SSSR count). The molecule has 1 heterocycles. The second-order valence-corrected chi connectivity index (χ2v) is 6.42. The van der Waals surface area contributed by atoms with E-state index in [2.05, 4.69) is 5.32 Å². The fraction of sp³-hybridized carbons (Fsp3) is 0.389. The Kier molecular flexibility index (Phi) is 5.03. The molecule has 1 aromatic heterocycles. The van der Waals surface area contributed by atoms with Crippen molar-refractivity contribution >= 4 is 17.5 Å². The highest BCUT2D eigenvalue weighted by Crippen LogP contribution is 2.29. The Labute approximate surface area is 140 Å². The average molecular weight is 334 g/mol. The quantitative estimate of drug-likeness (QED) is 0.892. The van der Waals surface area contributed by atoms with Crippen LogP contribution in [-0.2, 0) is 0 Å². The van der Waals surface area contributed by atoms with Crippen LogP contribution < -0.4 is 5.32 Å². The smallest absolute Gasteiger partial charge is 0.287 e. The van der Waals surface area contributed by atoms with Gasteiger partial charge in [-0.25, -0.2) is 0 Å². The van der Waals surface area contributed by atoms with Gasteiger partial charge in [0.1, 0.15) is 5.76 Å². The molecule has 1 aromatic carbocycles. The average Bonchev–Trinajstić information content (AvgIpc) is 3.06. The summed E-state index contributed by atoms with van der Waals surface area (Å²) in [5.74, 6) is 1.06. The van der Waals surface area contributed by atoms with Crippen LogP contribution in [0.2, 0.25) is 5.02 Å². The molecule has 23 heavy (non-hydrogen) atoms. The largest absolute Gasteiger partial charge is 0.451 e. The van der Waals surface area contributed by atoms with Gasteiger partial charge in [-0.1, -0.05) is 23.7 Å². The number of furan rings is 1. The molecule has 1 saturated carbocycles. The topological polar surface area (TPSA) is 62.5 Å². The van der Waals surface area contributed by atoms with Gasteiger partial charge in [0, 0.05) is 18.2 Å². The molecule has 0 bridgehead atoms. The SMILES string of the molecule is O=C(NC1CCC(CO)CC1)c1ccc(-c2ccccc2Cl)o1. The van der Waals surface area contributed by atoms with Crippen molar-refractivity contribution in [3.63, 3.8) is 0 Å². The number of rotatable bonds is 4. The minimum absolute atomic E-state index is 0.152. The number of hydrogen-bond donors (Lipinski definition) is 2. The first-order valence-corrected chi connectivity index (χ1v) is 8.31.